The molecule has 3 rings (SSSR count). The summed E-state index contributed by atoms with van der Waals surface area (Å²) >= 11 is 0. The maximum Gasteiger partial charge on any atom is 0.416 e. The fourth-order valence-electron chi connectivity index (χ4n) is 4.18. The van der Waals surface area contributed by atoms with E-state index < -0.39 is 41.7 Å². The summed E-state index contributed by atoms with van der Waals surface area (Å²) in [5.74, 6) is 1.08. The van der Waals surface area contributed by atoms with Crippen LogP contribution in [0.5, 0.6) is 5.75 Å². The Morgan fingerprint density at radius 3 is 2.69 bits per heavy atom. The van der Waals surface area contributed by atoms with E-state index in [-0.39, 0.29) is 50.6 Å². The Morgan fingerprint density at radius 2 is 1.95 bits per heavy atom. The number of amides is 2. The van der Waals surface area contributed by atoms with Gasteiger partial charge in [-0.25, -0.2) is 4.39 Å². The zero-order valence-corrected chi connectivity index (χ0v) is 21.2. The van der Waals surface area contributed by atoms with Gasteiger partial charge in [0.15, 0.2) is 0 Å². The molecule has 3 unspecified atom stereocenters. The summed E-state index contributed by atoms with van der Waals surface area (Å²) in [4.78, 5) is 25.4. The summed E-state index contributed by atoms with van der Waals surface area (Å²) in [6.07, 6.45) is 0.749. The van der Waals surface area contributed by atoms with Gasteiger partial charge in [0.1, 0.15) is 17.6 Å². The Balaban J connectivity index is 1.78. The van der Waals surface area contributed by atoms with Gasteiger partial charge in [0.25, 0.3) is 0 Å². The Kier molecular flexibility index (Phi) is 10.7. The molecule has 1 aliphatic rings. The number of nitrogens with one attached hydrogen (secondary N) is 3. The summed E-state index contributed by atoms with van der Waals surface area (Å²) < 4.78 is 59.0. The Bertz CT molecular complexity index is 1180. The van der Waals surface area contributed by atoms with Crippen LogP contribution < -0.4 is 20.7 Å². The second-order valence-corrected chi connectivity index (χ2v) is 9.34. The van der Waals surface area contributed by atoms with E-state index in [1.54, 1.807) is 6.07 Å². The van der Waals surface area contributed by atoms with Gasteiger partial charge in [0, 0.05) is 32.0 Å². The van der Waals surface area contributed by atoms with Crippen molar-refractivity contribution in [1.82, 2.24) is 16.0 Å². The largest absolute Gasteiger partial charge is 0.493 e. The minimum absolute atomic E-state index is 0.00296. The molecule has 2 amide bonds. The topological polar surface area (TPSA) is 99.7 Å². The van der Waals surface area contributed by atoms with Crippen LogP contribution in [-0.2, 0) is 28.7 Å². The lowest BCUT2D eigenvalue weighted by atomic mass is 9.99. The van der Waals surface area contributed by atoms with E-state index in [4.69, 9.17) is 11.2 Å². The van der Waals surface area contributed by atoms with Gasteiger partial charge in [-0.2, -0.15) is 13.2 Å². The first-order chi connectivity index (χ1) is 18.5. The standard InChI is InChI=1S/C28H31F4N3O4/c1-2-6-23-27(38)35-24(25(36)17-33-16-18-7-5-8-20(11-18)28(30,31)32)14-19-12-21(29)15-22(13-19)39-10-4-3-9-26(37)34-23/h1,5,7-8,11-13,15,23-25,33,36H,3-4,6,9-10,14,16-17H2,(H,34,37)(H,35,38). The third-order valence-electron chi connectivity index (χ3n) is 6.16. The van der Waals surface area contributed by atoms with Crippen molar-refractivity contribution in [3.63, 3.8) is 0 Å². The minimum atomic E-state index is -4.48. The van der Waals surface area contributed by atoms with Gasteiger partial charge in [0.05, 0.1) is 24.3 Å². The van der Waals surface area contributed by atoms with Crippen LogP contribution in [0.2, 0.25) is 0 Å². The molecule has 0 radical (unpaired) electrons. The van der Waals surface area contributed by atoms with Gasteiger partial charge in [-0.15, -0.1) is 12.3 Å². The van der Waals surface area contributed by atoms with Crippen LogP contribution in [-0.4, -0.2) is 48.3 Å². The van der Waals surface area contributed by atoms with E-state index >= 15 is 0 Å². The molecule has 2 aromatic rings. The molecule has 0 saturated carbocycles. The number of halogens is 4. The molecular weight excluding hydrogens is 518 g/mol. The highest BCUT2D eigenvalue weighted by atomic mass is 19.4. The summed E-state index contributed by atoms with van der Waals surface area (Å²) in [6.45, 7) is 0.175. The Hall–Kier alpha value is -3.62. The number of alkyl halides is 3. The molecule has 3 atom stereocenters. The van der Waals surface area contributed by atoms with Crippen molar-refractivity contribution in [3.05, 3.63) is 65.0 Å². The van der Waals surface area contributed by atoms with E-state index in [1.807, 2.05) is 0 Å². The molecule has 2 bridgehead atoms. The van der Waals surface area contributed by atoms with Crippen LogP contribution in [0.15, 0.2) is 42.5 Å². The van der Waals surface area contributed by atoms with Crippen molar-refractivity contribution in [2.24, 2.45) is 0 Å². The zero-order chi connectivity index (χ0) is 28.4. The number of terminal acetylenes is 1. The van der Waals surface area contributed by atoms with Crippen molar-refractivity contribution < 1.29 is 37.0 Å². The van der Waals surface area contributed by atoms with Gasteiger partial charge in [-0.05, 0) is 48.6 Å². The van der Waals surface area contributed by atoms with E-state index in [2.05, 4.69) is 21.9 Å². The lowest BCUT2D eigenvalue weighted by Crippen LogP contribution is -2.54. The molecule has 0 aliphatic carbocycles. The first-order valence-corrected chi connectivity index (χ1v) is 12.6. The quantitative estimate of drug-likeness (QED) is 0.328. The molecule has 0 aromatic heterocycles. The number of aliphatic hydroxyl groups excluding tert-OH is 1. The van der Waals surface area contributed by atoms with Crippen LogP contribution in [0.3, 0.4) is 0 Å². The highest BCUT2D eigenvalue weighted by Crippen LogP contribution is 2.29. The Morgan fingerprint density at radius 1 is 1.15 bits per heavy atom. The Labute approximate surface area is 224 Å². The van der Waals surface area contributed by atoms with E-state index in [9.17, 15) is 32.3 Å². The van der Waals surface area contributed by atoms with Crippen molar-refractivity contribution in [1.29, 1.82) is 0 Å². The molecule has 1 aliphatic heterocycles. The monoisotopic (exact) mass is 549 g/mol. The van der Waals surface area contributed by atoms with Gasteiger partial charge >= 0.3 is 6.18 Å². The number of carbonyl (C=O) groups is 2. The number of hydrogen-bond donors (Lipinski definition) is 4. The normalized spacial score (nSPS) is 19.9. The summed E-state index contributed by atoms with van der Waals surface area (Å²) in [7, 11) is 0. The van der Waals surface area contributed by atoms with Gasteiger partial charge in [0.2, 0.25) is 11.8 Å². The van der Waals surface area contributed by atoms with Crippen molar-refractivity contribution >= 4 is 11.8 Å². The van der Waals surface area contributed by atoms with Crippen LogP contribution >= 0.6 is 0 Å². The lowest BCUT2D eigenvalue weighted by molar-refractivity contribution is -0.137. The molecule has 0 saturated heterocycles. The smallest absolute Gasteiger partial charge is 0.416 e. The average molecular weight is 550 g/mol. The average Bonchev–Trinajstić information content (AvgIpc) is 2.87. The minimum Gasteiger partial charge on any atom is -0.493 e. The SMILES string of the molecule is C#CCC1NC(=O)CCCCOc2cc(F)cc(c2)CC(C(O)CNCc2cccc(C(F)(F)F)c2)NC1=O. The van der Waals surface area contributed by atoms with Crippen molar-refractivity contribution in [2.75, 3.05) is 13.2 Å². The zero-order valence-electron chi connectivity index (χ0n) is 21.2. The maximum atomic E-state index is 14.3. The van der Waals surface area contributed by atoms with Crippen LogP contribution in [0, 0.1) is 18.2 Å². The van der Waals surface area contributed by atoms with Crippen molar-refractivity contribution in [3.8, 4) is 18.1 Å². The number of aliphatic hydroxyl groups is 1. The summed E-state index contributed by atoms with van der Waals surface area (Å²) in [6, 6.07) is 6.86. The number of hydrogen-bond acceptors (Lipinski definition) is 5. The third-order valence-corrected chi connectivity index (χ3v) is 6.16. The van der Waals surface area contributed by atoms with E-state index in [0.29, 0.717) is 24.0 Å². The molecule has 4 N–H and O–H groups in total. The number of rotatable bonds is 6. The number of fused-ring (bicyclic) bond motifs is 2. The maximum absolute atomic E-state index is 14.3. The van der Waals surface area contributed by atoms with Gasteiger partial charge < -0.3 is 25.8 Å². The third kappa shape index (κ3) is 9.57. The van der Waals surface area contributed by atoms with E-state index in [1.165, 1.54) is 24.3 Å². The summed E-state index contributed by atoms with van der Waals surface area (Å²) in [5.41, 5.74) is 0.00802. The summed E-state index contributed by atoms with van der Waals surface area (Å²) in [5, 5.41) is 19.2. The lowest BCUT2D eigenvalue weighted by Gasteiger charge is -2.27. The molecule has 2 aromatic carbocycles. The molecule has 0 spiro atoms. The fourth-order valence-corrected chi connectivity index (χ4v) is 4.18. The highest BCUT2D eigenvalue weighted by molar-refractivity contribution is 5.88. The van der Waals surface area contributed by atoms with Gasteiger partial charge in [-0.1, -0.05) is 18.2 Å². The first-order valence-electron chi connectivity index (χ1n) is 12.6. The molecule has 7 nitrogen and oxygen atoms in total. The molecule has 210 valence electrons. The molecule has 39 heavy (non-hydrogen) atoms. The molecule has 1 heterocycles. The number of benzene rings is 2. The van der Waals surface area contributed by atoms with E-state index in [0.717, 1.165) is 12.1 Å². The second kappa shape index (κ2) is 14.0. The van der Waals surface area contributed by atoms with Crippen LogP contribution in [0.1, 0.15) is 42.4 Å². The predicted octanol–water partition coefficient (Wildman–Crippen LogP) is 3.09. The van der Waals surface area contributed by atoms with Crippen LogP contribution in [0.25, 0.3) is 0 Å². The molecule has 11 heteroatoms. The van der Waals surface area contributed by atoms with Crippen molar-refractivity contribution in [2.45, 2.75) is 63.0 Å². The molecular formula is C28H31F4N3O4. The highest BCUT2D eigenvalue weighted by Gasteiger charge is 2.30. The van der Waals surface area contributed by atoms with Gasteiger partial charge in [-0.3, -0.25) is 9.59 Å². The predicted molar refractivity (Wildman–Crippen MR) is 136 cm³/mol. The molecule has 0 fully saturated rings. The van der Waals surface area contributed by atoms with Crippen LogP contribution in [0.4, 0.5) is 17.6 Å². The second-order valence-electron chi connectivity index (χ2n) is 9.34. The number of carbonyl (C=O) groups excluding carboxylic acids is 2. The first kappa shape index (κ1) is 29.9. The fraction of sp³-hybridized carbons (Fsp3) is 0.429. The number of ether oxygens (including phenoxy) is 1.